The number of carbonyl (C=O) groups excluding carboxylic acids is 1. The molecule has 2 aromatic rings. The number of fused-ring (bicyclic) bond motifs is 1. The summed E-state index contributed by atoms with van der Waals surface area (Å²) in [4.78, 5) is 13.0. The van der Waals surface area contributed by atoms with Crippen LogP contribution in [-0.4, -0.2) is 11.8 Å². The van der Waals surface area contributed by atoms with Gasteiger partial charge in [-0.3, -0.25) is 0 Å². The zero-order valence-corrected chi connectivity index (χ0v) is 12.4. The fourth-order valence-electron chi connectivity index (χ4n) is 2.37. The molecule has 0 spiro atoms. The monoisotopic (exact) mass is 320 g/mol. The number of carbonyl (C=O) groups is 1. The van der Waals surface area contributed by atoms with Gasteiger partial charge in [0.25, 0.3) is 0 Å². The molecule has 3 rings (SSSR count). The minimum atomic E-state index is -0.390. The molecular weight excluding hydrogens is 306 g/mol. The Hall–Kier alpha value is -2.08. The van der Waals surface area contributed by atoms with E-state index < -0.39 is 6.03 Å². The molecule has 22 heavy (non-hydrogen) atoms. The van der Waals surface area contributed by atoms with Crippen molar-refractivity contribution in [3.05, 3.63) is 59.7 Å². The Morgan fingerprint density at radius 1 is 1.09 bits per heavy atom. The Labute approximate surface area is 131 Å². The van der Waals surface area contributed by atoms with Crippen LogP contribution in [-0.2, 0) is 0 Å². The molecule has 2 aromatic carbocycles. The van der Waals surface area contributed by atoms with Crippen LogP contribution in [0, 0.1) is 11.6 Å². The van der Waals surface area contributed by atoms with Gasteiger partial charge in [-0.15, -0.1) is 11.8 Å². The van der Waals surface area contributed by atoms with Crippen LogP contribution < -0.4 is 10.6 Å². The maximum Gasteiger partial charge on any atom is 0.319 e. The quantitative estimate of drug-likeness (QED) is 0.865. The lowest BCUT2D eigenvalue weighted by molar-refractivity contribution is 0.248. The standard InChI is InChI=1S/C16H14F2N2OS/c17-10-1-4-12(5-2-10)19-16(21)20-14-7-8-22-15-6-3-11(18)9-13(14)15/h1-6,9,14H,7-8H2,(H2,19,20,21)/t14-/m0/s1. The first kappa shape index (κ1) is 14.8. The SMILES string of the molecule is O=C(Nc1ccc(F)cc1)N[C@H]1CCSc2ccc(F)cc21. The Kier molecular flexibility index (Phi) is 4.29. The van der Waals surface area contributed by atoms with E-state index in [1.165, 1.54) is 36.4 Å². The predicted molar refractivity (Wildman–Crippen MR) is 83.0 cm³/mol. The van der Waals surface area contributed by atoms with Crippen LogP contribution in [0.1, 0.15) is 18.0 Å². The van der Waals surface area contributed by atoms with Gasteiger partial charge in [-0.05, 0) is 54.4 Å². The number of hydrogen-bond acceptors (Lipinski definition) is 2. The number of amides is 2. The largest absolute Gasteiger partial charge is 0.331 e. The maximum atomic E-state index is 13.4. The highest BCUT2D eigenvalue weighted by Crippen LogP contribution is 2.36. The number of thioether (sulfide) groups is 1. The third-order valence-electron chi connectivity index (χ3n) is 3.42. The van der Waals surface area contributed by atoms with Crippen molar-refractivity contribution in [2.24, 2.45) is 0 Å². The van der Waals surface area contributed by atoms with E-state index in [1.807, 2.05) is 0 Å². The van der Waals surface area contributed by atoms with E-state index in [1.54, 1.807) is 17.8 Å². The van der Waals surface area contributed by atoms with E-state index in [0.29, 0.717) is 5.69 Å². The van der Waals surface area contributed by atoms with Crippen molar-refractivity contribution in [3.8, 4) is 0 Å². The molecule has 0 radical (unpaired) electrons. The van der Waals surface area contributed by atoms with Crippen LogP contribution in [0.4, 0.5) is 19.3 Å². The van der Waals surface area contributed by atoms with Crippen LogP contribution >= 0.6 is 11.8 Å². The summed E-state index contributed by atoms with van der Waals surface area (Å²) >= 11 is 1.65. The molecule has 0 aliphatic carbocycles. The molecule has 2 amide bonds. The van der Waals surface area contributed by atoms with Gasteiger partial charge in [0, 0.05) is 16.3 Å². The Morgan fingerprint density at radius 3 is 2.59 bits per heavy atom. The summed E-state index contributed by atoms with van der Waals surface area (Å²) in [6.45, 7) is 0. The van der Waals surface area contributed by atoms with Gasteiger partial charge in [-0.25, -0.2) is 13.6 Å². The molecule has 0 saturated heterocycles. The zero-order chi connectivity index (χ0) is 15.5. The highest BCUT2D eigenvalue weighted by Gasteiger charge is 2.22. The Balaban J connectivity index is 1.70. The van der Waals surface area contributed by atoms with Crippen molar-refractivity contribution >= 4 is 23.5 Å². The number of anilines is 1. The van der Waals surface area contributed by atoms with Gasteiger partial charge in [0.15, 0.2) is 0 Å². The van der Waals surface area contributed by atoms with Crippen molar-refractivity contribution in [1.29, 1.82) is 0 Å². The molecule has 0 unspecified atom stereocenters. The molecule has 1 aliphatic heterocycles. The lowest BCUT2D eigenvalue weighted by Crippen LogP contribution is -2.34. The number of hydrogen-bond donors (Lipinski definition) is 2. The normalized spacial score (nSPS) is 16.7. The van der Waals surface area contributed by atoms with Crippen molar-refractivity contribution in [1.82, 2.24) is 5.32 Å². The van der Waals surface area contributed by atoms with E-state index in [4.69, 9.17) is 0 Å². The lowest BCUT2D eigenvalue weighted by Gasteiger charge is -2.26. The average Bonchev–Trinajstić information content (AvgIpc) is 2.50. The van der Waals surface area contributed by atoms with E-state index >= 15 is 0 Å². The summed E-state index contributed by atoms with van der Waals surface area (Å²) in [5, 5.41) is 5.49. The number of benzene rings is 2. The minimum absolute atomic E-state index is 0.229. The second-order valence-electron chi connectivity index (χ2n) is 4.98. The summed E-state index contributed by atoms with van der Waals surface area (Å²) < 4.78 is 26.3. The fraction of sp³-hybridized carbons (Fsp3) is 0.188. The molecule has 114 valence electrons. The van der Waals surface area contributed by atoms with Gasteiger partial charge in [-0.2, -0.15) is 0 Å². The van der Waals surface area contributed by atoms with Crippen LogP contribution in [0.3, 0.4) is 0 Å². The van der Waals surface area contributed by atoms with Gasteiger partial charge in [0.05, 0.1) is 6.04 Å². The molecule has 2 N–H and O–H groups in total. The lowest BCUT2D eigenvalue weighted by atomic mass is 10.0. The summed E-state index contributed by atoms with van der Waals surface area (Å²) in [6.07, 6.45) is 0.734. The second kappa shape index (κ2) is 6.36. The maximum absolute atomic E-state index is 13.4. The molecule has 0 aromatic heterocycles. The van der Waals surface area contributed by atoms with E-state index in [0.717, 1.165) is 22.6 Å². The van der Waals surface area contributed by atoms with E-state index in [-0.39, 0.29) is 17.7 Å². The molecule has 3 nitrogen and oxygen atoms in total. The van der Waals surface area contributed by atoms with E-state index in [9.17, 15) is 13.6 Å². The Morgan fingerprint density at radius 2 is 1.82 bits per heavy atom. The Bertz CT molecular complexity index is 691. The van der Waals surface area contributed by atoms with Crippen LogP contribution in [0.2, 0.25) is 0 Å². The number of halogens is 2. The van der Waals surface area contributed by atoms with Crippen LogP contribution in [0.15, 0.2) is 47.4 Å². The molecular formula is C16H14F2N2OS. The van der Waals surface area contributed by atoms with Crippen molar-refractivity contribution in [2.75, 3.05) is 11.1 Å². The number of urea groups is 1. The predicted octanol–water partition coefficient (Wildman–Crippen LogP) is 4.32. The number of nitrogens with one attached hydrogen (secondary N) is 2. The van der Waals surface area contributed by atoms with Gasteiger partial charge >= 0.3 is 6.03 Å². The second-order valence-corrected chi connectivity index (χ2v) is 6.11. The van der Waals surface area contributed by atoms with Gasteiger partial charge < -0.3 is 10.6 Å². The minimum Gasteiger partial charge on any atom is -0.331 e. The van der Waals surface area contributed by atoms with Gasteiger partial charge in [0.2, 0.25) is 0 Å². The van der Waals surface area contributed by atoms with Crippen molar-refractivity contribution in [3.63, 3.8) is 0 Å². The average molecular weight is 320 g/mol. The molecule has 0 bridgehead atoms. The molecule has 0 saturated carbocycles. The van der Waals surface area contributed by atoms with Crippen LogP contribution in [0.25, 0.3) is 0 Å². The smallest absolute Gasteiger partial charge is 0.319 e. The summed E-state index contributed by atoms with van der Waals surface area (Å²) in [7, 11) is 0. The van der Waals surface area contributed by atoms with E-state index in [2.05, 4.69) is 10.6 Å². The highest BCUT2D eigenvalue weighted by atomic mass is 32.2. The topological polar surface area (TPSA) is 41.1 Å². The molecule has 1 atom stereocenters. The first-order valence-corrected chi connectivity index (χ1v) is 7.86. The summed E-state index contributed by atoms with van der Waals surface area (Å²) in [5.74, 6) is 0.187. The first-order valence-electron chi connectivity index (χ1n) is 6.87. The summed E-state index contributed by atoms with van der Waals surface area (Å²) in [5.41, 5.74) is 1.30. The molecule has 0 fully saturated rings. The summed E-state index contributed by atoms with van der Waals surface area (Å²) in [6, 6.07) is 9.53. The van der Waals surface area contributed by atoms with Gasteiger partial charge in [-0.1, -0.05) is 0 Å². The van der Waals surface area contributed by atoms with Crippen molar-refractivity contribution < 1.29 is 13.6 Å². The first-order chi connectivity index (χ1) is 10.6. The molecule has 6 heteroatoms. The molecule has 1 heterocycles. The van der Waals surface area contributed by atoms with Crippen LogP contribution in [0.5, 0.6) is 0 Å². The highest BCUT2D eigenvalue weighted by molar-refractivity contribution is 7.99. The zero-order valence-electron chi connectivity index (χ0n) is 11.6. The fourth-order valence-corrected chi connectivity index (χ4v) is 3.48. The number of rotatable bonds is 2. The van der Waals surface area contributed by atoms with Gasteiger partial charge in [0.1, 0.15) is 11.6 Å². The van der Waals surface area contributed by atoms with Crippen molar-refractivity contribution in [2.45, 2.75) is 17.4 Å². The third kappa shape index (κ3) is 3.39. The molecule has 1 aliphatic rings. The third-order valence-corrected chi connectivity index (χ3v) is 4.54.